The summed E-state index contributed by atoms with van der Waals surface area (Å²) < 4.78 is 4.85. The predicted molar refractivity (Wildman–Crippen MR) is 72.1 cm³/mol. The molecule has 2 N–H and O–H groups in total. The predicted octanol–water partition coefficient (Wildman–Crippen LogP) is 1.94. The fraction of sp³-hybridized carbons (Fsp3) is 0.364. The molecule has 0 heterocycles. The van der Waals surface area contributed by atoms with Crippen molar-refractivity contribution in [2.24, 2.45) is 0 Å². The quantitative estimate of drug-likeness (QED) is 0.782. The van der Waals surface area contributed by atoms with Crippen molar-refractivity contribution in [3.63, 3.8) is 0 Å². The number of benzene rings is 1. The molecule has 0 aliphatic carbocycles. The zero-order chi connectivity index (χ0) is 11.8. The van der Waals surface area contributed by atoms with Crippen molar-refractivity contribution in [3.05, 3.63) is 29.3 Å². The lowest BCUT2D eigenvalue weighted by Gasteiger charge is -2.06. The van der Waals surface area contributed by atoms with Gasteiger partial charge >= 0.3 is 0 Å². The number of carbonyl (C=O) groups is 1. The summed E-state index contributed by atoms with van der Waals surface area (Å²) in [6, 6.07) is 6.98. The van der Waals surface area contributed by atoms with Crippen molar-refractivity contribution in [3.8, 4) is 0 Å². The molecule has 0 spiro atoms. The van der Waals surface area contributed by atoms with E-state index >= 15 is 0 Å². The van der Waals surface area contributed by atoms with Crippen molar-refractivity contribution >= 4 is 35.6 Å². The van der Waals surface area contributed by atoms with E-state index in [1.807, 2.05) is 0 Å². The summed E-state index contributed by atoms with van der Waals surface area (Å²) in [5.74, 6) is -0.0848. The second-order valence-electron chi connectivity index (χ2n) is 3.22. The lowest BCUT2D eigenvalue weighted by molar-refractivity contribution is -0.115. The van der Waals surface area contributed by atoms with Crippen LogP contribution in [0.1, 0.15) is 0 Å². The minimum atomic E-state index is -0.0848. The molecule has 0 unspecified atom stereocenters. The van der Waals surface area contributed by atoms with Crippen molar-refractivity contribution < 1.29 is 9.53 Å². The van der Waals surface area contributed by atoms with Gasteiger partial charge in [-0.15, -0.1) is 12.4 Å². The molecule has 4 nitrogen and oxygen atoms in total. The number of nitrogens with one attached hydrogen (secondary N) is 2. The molecule has 0 aromatic heterocycles. The minimum absolute atomic E-state index is 0. The number of halogens is 2. The van der Waals surface area contributed by atoms with E-state index in [2.05, 4.69) is 10.6 Å². The molecule has 0 radical (unpaired) electrons. The maximum atomic E-state index is 11.4. The Balaban J connectivity index is 0.00000256. The number of rotatable bonds is 6. The first kappa shape index (κ1) is 16.2. The number of hydrogen-bond acceptors (Lipinski definition) is 3. The van der Waals surface area contributed by atoms with Gasteiger partial charge in [0.1, 0.15) is 0 Å². The van der Waals surface area contributed by atoms with E-state index in [1.165, 1.54) is 0 Å². The van der Waals surface area contributed by atoms with Crippen LogP contribution in [-0.4, -0.2) is 32.7 Å². The second kappa shape index (κ2) is 9.24. The molecule has 0 fully saturated rings. The molecule has 0 bridgehead atoms. The van der Waals surface area contributed by atoms with Crippen LogP contribution in [0.5, 0.6) is 0 Å². The Hall–Kier alpha value is -0.810. The molecule has 0 aliphatic rings. The number of amides is 1. The van der Waals surface area contributed by atoms with E-state index in [0.717, 1.165) is 5.69 Å². The molecule has 0 aliphatic heterocycles. The second-order valence-corrected chi connectivity index (χ2v) is 3.66. The van der Waals surface area contributed by atoms with Gasteiger partial charge in [-0.05, 0) is 24.3 Å². The van der Waals surface area contributed by atoms with Crippen LogP contribution in [0.2, 0.25) is 5.02 Å². The SMILES string of the molecule is COCCNCC(=O)Nc1ccc(Cl)cc1.Cl. The highest BCUT2D eigenvalue weighted by atomic mass is 35.5. The van der Waals surface area contributed by atoms with Crippen molar-refractivity contribution in [1.29, 1.82) is 0 Å². The maximum absolute atomic E-state index is 11.4. The molecule has 0 saturated heterocycles. The van der Waals surface area contributed by atoms with E-state index < -0.39 is 0 Å². The van der Waals surface area contributed by atoms with Gasteiger partial charge in [-0.1, -0.05) is 11.6 Å². The highest BCUT2D eigenvalue weighted by Gasteiger charge is 2.00. The Labute approximate surface area is 112 Å². The zero-order valence-corrected chi connectivity index (χ0v) is 11.1. The largest absolute Gasteiger partial charge is 0.383 e. The first-order valence-corrected chi connectivity index (χ1v) is 5.35. The van der Waals surface area contributed by atoms with Crippen LogP contribution < -0.4 is 10.6 Å². The maximum Gasteiger partial charge on any atom is 0.238 e. The third-order valence-electron chi connectivity index (χ3n) is 1.90. The van der Waals surface area contributed by atoms with Crippen LogP contribution in [0.25, 0.3) is 0 Å². The van der Waals surface area contributed by atoms with E-state index in [4.69, 9.17) is 16.3 Å². The molecule has 1 amide bonds. The van der Waals surface area contributed by atoms with Gasteiger partial charge < -0.3 is 15.4 Å². The molecule has 0 saturated carbocycles. The van der Waals surface area contributed by atoms with Gasteiger partial charge in [-0.2, -0.15) is 0 Å². The van der Waals surface area contributed by atoms with Gasteiger partial charge in [-0.25, -0.2) is 0 Å². The third kappa shape index (κ3) is 7.18. The Morgan fingerprint density at radius 1 is 1.35 bits per heavy atom. The van der Waals surface area contributed by atoms with Crippen LogP contribution in [0.3, 0.4) is 0 Å². The number of ether oxygens (including phenoxy) is 1. The summed E-state index contributed by atoms with van der Waals surface area (Å²) in [7, 11) is 1.62. The van der Waals surface area contributed by atoms with E-state index in [1.54, 1.807) is 31.4 Å². The fourth-order valence-corrected chi connectivity index (χ4v) is 1.24. The first-order valence-electron chi connectivity index (χ1n) is 4.97. The number of carbonyl (C=O) groups excluding carboxylic acids is 1. The van der Waals surface area contributed by atoms with Crippen LogP contribution >= 0.6 is 24.0 Å². The molecule has 96 valence electrons. The highest BCUT2D eigenvalue weighted by molar-refractivity contribution is 6.30. The lowest BCUT2D eigenvalue weighted by atomic mass is 10.3. The van der Waals surface area contributed by atoms with Crippen LogP contribution in [0.15, 0.2) is 24.3 Å². The molecule has 1 aromatic rings. The van der Waals surface area contributed by atoms with Crippen molar-refractivity contribution in [2.45, 2.75) is 0 Å². The number of hydrogen-bond donors (Lipinski definition) is 2. The topological polar surface area (TPSA) is 50.4 Å². The molecule has 17 heavy (non-hydrogen) atoms. The van der Waals surface area contributed by atoms with Gasteiger partial charge in [0.15, 0.2) is 0 Å². The average Bonchev–Trinajstić information content (AvgIpc) is 2.28. The smallest absolute Gasteiger partial charge is 0.238 e. The summed E-state index contributed by atoms with van der Waals surface area (Å²) in [5.41, 5.74) is 0.739. The number of anilines is 1. The summed E-state index contributed by atoms with van der Waals surface area (Å²) in [6.07, 6.45) is 0. The molecular formula is C11H16Cl2N2O2. The van der Waals surface area contributed by atoms with E-state index in [9.17, 15) is 4.79 Å². The molecule has 6 heteroatoms. The van der Waals surface area contributed by atoms with Crippen LogP contribution in [-0.2, 0) is 9.53 Å². The first-order chi connectivity index (χ1) is 7.72. The Kier molecular flexibility index (Phi) is 8.80. The summed E-state index contributed by atoms with van der Waals surface area (Å²) in [5, 5.41) is 6.35. The number of methoxy groups -OCH3 is 1. The average molecular weight is 279 g/mol. The van der Waals surface area contributed by atoms with Gasteiger partial charge in [0.2, 0.25) is 5.91 Å². The molecular weight excluding hydrogens is 263 g/mol. The van der Waals surface area contributed by atoms with E-state index in [-0.39, 0.29) is 24.9 Å². The Bertz CT molecular complexity index is 331. The summed E-state index contributed by atoms with van der Waals surface area (Å²) in [4.78, 5) is 11.4. The van der Waals surface area contributed by atoms with Crippen molar-refractivity contribution in [2.75, 3.05) is 32.1 Å². The highest BCUT2D eigenvalue weighted by Crippen LogP contribution is 2.12. The van der Waals surface area contributed by atoms with Crippen LogP contribution in [0, 0.1) is 0 Å². The van der Waals surface area contributed by atoms with Gasteiger partial charge in [-0.3, -0.25) is 4.79 Å². The molecule has 1 aromatic carbocycles. The van der Waals surface area contributed by atoms with Gasteiger partial charge in [0.25, 0.3) is 0 Å². The normalized spacial score (nSPS) is 9.53. The monoisotopic (exact) mass is 278 g/mol. The zero-order valence-electron chi connectivity index (χ0n) is 9.53. The summed E-state index contributed by atoms with van der Waals surface area (Å²) in [6.45, 7) is 1.52. The van der Waals surface area contributed by atoms with Crippen LogP contribution in [0.4, 0.5) is 5.69 Å². The standard InChI is InChI=1S/C11H15ClN2O2.ClH/c1-16-7-6-13-8-11(15)14-10-4-2-9(12)3-5-10;/h2-5,13H,6-8H2,1H3,(H,14,15);1H. The molecule has 0 atom stereocenters. The summed E-state index contributed by atoms with van der Waals surface area (Å²) >= 11 is 5.73. The Morgan fingerprint density at radius 2 is 2.00 bits per heavy atom. The Morgan fingerprint density at radius 3 is 2.59 bits per heavy atom. The van der Waals surface area contributed by atoms with Gasteiger partial charge in [0.05, 0.1) is 13.2 Å². The van der Waals surface area contributed by atoms with Crippen molar-refractivity contribution in [1.82, 2.24) is 5.32 Å². The third-order valence-corrected chi connectivity index (χ3v) is 2.15. The van der Waals surface area contributed by atoms with Gasteiger partial charge in [0, 0.05) is 24.4 Å². The minimum Gasteiger partial charge on any atom is -0.383 e. The van der Waals surface area contributed by atoms with E-state index in [0.29, 0.717) is 18.2 Å². The fourth-order valence-electron chi connectivity index (χ4n) is 1.11. The molecule has 1 rings (SSSR count). The lowest BCUT2D eigenvalue weighted by Crippen LogP contribution is -2.30.